The Hall–Kier alpha value is -3.28. The first kappa shape index (κ1) is 18.1. The standard InChI is InChI=1S/C22H23N5O/c1-16(19-5-4-11-23-15-19)25-21(28)18-8-6-17(7-9-18)20-10-12-24-22(26-20)27-13-2-3-14-27/h4-12,15-16H,2-3,13-14H2,1H3,(H,25,28)/t16-/m0/s1. The molecule has 1 fully saturated rings. The molecule has 0 unspecified atom stereocenters. The fraction of sp³-hybridized carbons (Fsp3) is 0.273. The highest BCUT2D eigenvalue weighted by atomic mass is 16.1. The van der Waals surface area contributed by atoms with Crippen molar-refractivity contribution in [2.45, 2.75) is 25.8 Å². The first-order valence-electron chi connectivity index (χ1n) is 9.60. The average Bonchev–Trinajstić information content (AvgIpc) is 3.29. The van der Waals surface area contributed by atoms with Crippen LogP contribution in [0.3, 0.4) is 0 Å². The molecule has 1 aromatic carbocycles. The van der Waals surface area contributed by atoms with E-state index in [2.05, 4.69) is 20.2 Å². The molecule has 1 saturated heterocycles. The van der Waals surface area contributed by atoms with Gasteiger partial charge in [-0.2, -0.15) is 0 Å². The molecule has 6 heteroatoms. The predicted octanol–water partition coefficient (Wildman–Crippen LogP) is 3.63. The molecule has 1 amide bonds. The van der Waals surface area contributed by atoms with Crippen LogP contribution >= 0.6 is 0 Å². The van der Waals surface area contributed by atoms with Crippen LogP contribution in [0.1, 0.15) is 41.7 Å². The van der Waals surface area contributed by atoms with Gasteiger partial charge in [-0.1, -0.05) is 18.2 Å². The largest absolute Gasteiger partial charge is 0.345 e. The number of carbonyl (C=O) groups excluding carboxylic acids is 1. The van der Waals surface area contributed by atoms with Crippen molar-refractivity contribution in [2.75, 3.05) is 18.0 Å². The fourth-order valence-electron chi connectivity index (χ4n) is 3.37. The maximum absolute atomic E-state index is 12.5. The fourth-order valence-corrected chi connectivity index (χ4v) is 3.37. The summed E-state index contributed by atoms with van der Waals surface area (Å²) < 4.78 is 0. The van der Waals surface area contributed by atoms with Crippen LogP contribution in [-0.4, -0.2) is 33.9 Å². The van der Waals surface area contributed by atoms with E-state index in [1.165, 1.54) is 12.8 Å². The quantitative estimate of drug-likeness (QED) is 0.739. The molecular formula is C22H23N5O. The topological polar surface area (TPSA) is 71.0 Å². The van der Waals surface area contributed by atoms with Crippen molar-refractivity contribution < 1.29 is 4.79 Å². The van der Waals surface area contributed by atoms with Crippen molar-refractivity contribution >= 4 is 11.9 Å². The van der Waals surface area contributed by atoms with Gasteiger partial charge in [0, 0.05) is 42.8 Å². The third kappa shape index (κ3) is 4.01. The van der Waals surface area contributed by atoms with E-state index in [0.717, 1.165) is 35.9 Å². The van der Waals surface area contributed by atoms with Gasteiger partial charge in [-0.3, -0.25) is 9.78 Å². The number of anilines is 1. The lowest BCUT2D eigenvalue weighted by molar-refractivity contribution is 0.0940. The molecule has 28 heavy (non-hydrogen) atoms. The number of nitrogens with zero attached hydrogens (tertiary/aromatic N) is 4. The van der Waals surface area contributed by atoms with E-state index < -0.39 is 0 Å². The number of aromatic nitrogens is 3. The number of carbonyl (C=O) groups is 1. The number of pyridine rings is 1. The molecule has 1 aliphatic heterocycles. The van der Waals surface area contributed by atoms with Crippen molar-refractivity contribution in [1.29, 1.82) is 0 Å². The highest BCUT2D eigenvalue weighted by molar-refractivity contribution is 5.94. The first-order valence-corrected chi connectivity index (χ1v) is 9.60. The van der Waals surface area contributed by atoms with Crippen LogP contribution in [-0.2, 0) is 0 Å². The van der Waals surface area contributed by atoms with Gasteiger partial charge in [-0.25, -0.2) is 9.97 Å². The van der Waals surface area contributed by atoms with Crippen LogP contribution < -0.4 is 10.2 Å². The predicted molar refractivity (Wildman–Crippen MR) is 109 cm³/mol. The zero-order valence-electron chi connectivity index (χ0n) is 15.9. The molecule has 3 aromatic rings. The summed E-state index contributed by atoms with van der Waals surface area (Å²) in [6.45, 7) is 3.97. The molecule has 6 nitrogen and oxygen atoms in total. The molecule has 2 aromatic heterocycles. The third-order valence-corrected chi connectivity index (χ3v) is 5.01. The Morgan fingerprint density at radius 3 is 2.57 bits per heavy atom. The molecule has 3 heterocycles. The number of hydrogen-bond acceptors (Lipinski definition) is 5. The van der Waals surface area contributed by atoms with E-state index in [9.17, 15) is 4.79 Å². The average molecular weight is 373 g/mol. The molecule has 0 spiro atoms. The van der Waals surface area contributed by atoms with Crippen molar-refractivity contribution in [1.82, 2.24) is 20.3 Å². The Bertz CT molecular complexity index is 937. The lowest BCUT2D eigenvalue weighted by atomic mass is 10.1. The van der Waals surface area contributed by atoms with Crippen LogP contribution in [0.15, 0.2) is 61.1 Å². The molecule has 0 saturated carbocycles. The Morgan fingerprint density at radius 2 is 1.86 bits per heavy atom. The second-order valence-electron chi connectivity index (χ2n) is 6.99. The Labute approximate surface area is 164 Å². The Balaban J connectivity index is 1.46. The minimum absolute atomic E-state index is 0.106. The van der Waals surface area contributed by atoms with E-state index in [1.807, 2.05) is 49.4 Å². The van der Waals surface area contributed by atoms with E-state index in [-0.39, 0.29) is 11.9 Å². The van der Waals surface area contributed by atoms with Crippen LogP contribution in [0.25, 0.3) is 11.3 Å². The molecule has 1 aliphatic rings. The molecule has 0 radical (unpaired) electrons. The Kier molecular flexibility index (Phi) is 5.28. The van der Waals surface area contributed by atoms with Crippen molar-refractivity contribution in [3.63, 3.8) is 0 Å². The minimum Gasteiger partial charge on any atom is -0.345 e. The van der Waals surface area contributed by atoms with Crippen LogP contribution in [0, 0.1) is 0 Å². The number of hydrogen-bond donors (Lipinski definition) is 1. The van der Waals surface area contributed by atoms with Gasteiger partial charge in [-0.05, 0) is 49.6 Å². The second kappa shape index (κ2) is 8.17. The number of amides is 1. The van der Waals surface area contributed by atoms with Gasteiger partial charge in [0.2, 0.25) is 5.95 Å². The summed E-state index contributed by atoms with van der Waals surface area (Å²) in [5.41, 5.74) is 3.43. The monoisotopic (exact) mass is 373 g/mol. The van der Waals surface area contributed by atoms with Gasteiger partial charge in [0.15, 0.2) is 0 Å². The van der Waals surface area contributed by atoms with Gasteiger partial charge < -0.3 is 10.2 Å². The van der Waals surface area contributed by atoms with Crippen molar-refractivity contribution in [3.05, 3.63) is 72.2 Å². The van der Waals surface area contributed by atoms with E-state index in [0.29, 0.717) is 5.56 Å². The van der Waals surface area contributed by atoms with E-state index in [1.54, 1.807) is 18.6 Å². The van der Waals surface area contributed by atoms with Crippen LogP contribution in [0.4, 0.5) is 5.95 Å². The maximum Gasteiger partial charge on any atom is 0.251 e. The van der Waals surface area contributed by atoms with Gasteiger partial charge in [0.05, 0.1) is 11.7 Å². The molecule has 0 aliphatic carbocycles. The molecule has 142 valence electrons. The van der Waals surface area contributed by atoms with Gasteiger partial charge >= 0.3 is 0 Å². The smallest absolute Gasteiger partial charge is 0.251 e. The zero-order valence-corrected chi connectivity index (χ0v) is 15.9. The normalized spacial score (nSPS) is 14.7. The first-order chi connectivity index (χ1) is 13.7. The van der Waals surface area contributed by atoms with Crippen molar-refractivity contribution in [2.24, 2.45) is 0 Å². The number of benzene rings is 1. The number of nitrogens with one attached hydrogen (secondary N) is 1. The molecule has 1 atom stereocenters. The Morgan fingerprint density at radius 1 is 1.07 bits per heavy atom. The summed E-state index contributed by atoms with van der Waals surface area (Å²) in [6.07, 6.45) is 7.66. The summed E-state index contributed by atoms with van der Waals surface area (Å²) in [5.74, 6) is 0.672. The highest BCUT2D eigenvalue weighted by Crippen LogP contribution is 2.22. The summed E-state index contributed by atoms with van der Waals surface area (Å²) in [5, 5.41) is 3.01. The molecule has 4 rings (SSSR count). The second-order valence-corrected chi connectivity index (χ2v) is 6.99. The third-order valence-electron chi connectivity index (χ3n) is 5.01. The molecule has 0 bridgehead atoms. The van der Waals surface area contributed by atoms with Gasteiger partial charge in [0.1, 0.15) is 0 Å². The SMILES string of the molecule is C[C@H](NC(=O)c1ccc(-c2ccnc(N3CCCC3)n2)cc1)c1cccnc1. The maximum atomic E-state index is 12.5. The highest BCUT2D eigenvalue weighted by Gasteiger charge is 2.16. The van der Waals surface area contributed by atoms with Crippen LogP contribution in [0.5, 0.6) is 0 Å². The van der Waals surface area contributed by atoms with Crippen LogP contribution in [0.2, 0.25) is 0 Å². The summed E-state index contributed by atoms with van der Waals surface area (Å²) in [4.78, 5) is 27.9. The minimum atomic E-state index is -0.108. The summed E-state index contributed by atoms with van der Waals surface area (Å²) in [6, 6.07) is 13.1. The molecule has 1 N–H and O–H groups in total. The molecular weight excluding hydrogens is 350 g/mol. The summed E-state index contributed by atoms with van der Waals surface area (Å²) in [7, 11) is 0. The summed E-state index contributed by atoms with van der Waals surface area (Å²) >= 11 is 0. The van der Waals surface area contributed by atoms with Gasteiger partial charge in [-0.15, -0.1) is 0 Å². The van der Waals surface area contributed by atoms with Gasteiger partial charge in [0.25, 0.3) is 5.91 Å². The van der Waals surface area contributed by atoms with E-state index in [4.69, 9.17) is 4.98 Å². The van der Waals surface area contributed by atoms with E-state index >= 15 is 0 Å². The lowest BCUT2D eigenvalue weighted by Gasteiger charge is -2.15. The lowest BCUT2D eigenvalue weighted by Crippen LogP contribution is -2.26. The van der Waals surface area contributed by atoms with Crippen molar-refractivity contribution in [3.8, 4) is 11.3 Å². The number of rotatable bonds is 5. The zero-order chi connectivity index (χ0) is 19.3.